The molecule has 1 aromatic heterocycles. The second-order valence-corrected chi connectivity index (χ2v) is 5.69. The van der Waals surface area contributed by atoms with Gasteiger partial charge in [0.05, 0.1) is 0 Å². The molecule has 0 aliphatic heterocycles. The topological polar surface area (TPSA) is 12.0 Å². The standard InChI is InChI=1S/C14H15F2NS/c1-9-3-4-14(18-9)8-17-10(2)11-5-12(15)7-13(16)6-11/h3-7,10,17H,8H2,1-2H3. The Balaban J connectivity index is 2.01. The molecule has 1 atom stereocenters. The fourth-order valence-corrected chi connectivity index (χ4v) is 2.62. The summed E-state index contributed by atoms with van der Waals surface area (Å²) in [5.41, 5.74) is 0.626. The van der Waals surface area contributed by atoms with Crippen LogP contribution in [-0.4, -0.2) is 0 Å². The van der Waals surface area contributed by atoms with E-state index in [9.17, 15) is 8.78 Å². The number of aryl methyl sites for hydroxylation is 1. The fourth-order valence-electron chi connectivity index (χ4n) is 1.78. The summed E-state index contributed by atoms with van der Waals surface area (Å²) in [4.78, 5) is 2.48. The van der Waals surface area contributed by atoms with Crippen LogP contribution in [0.4, 0.5) is 8.78 Å². The Hall–Kier alpha value is -1.26. The molecule has 1 unspecified atom stereocenters. The highest BCUT2D eigenvalue weighted by Crippen LogP contribution is 2.19. The maximum Gasteiger partial charge on any atom is 0.126 e. The van der Waals surface area contributed by atoms with Gasteiger partial charge in [0.2, 0.25) is 0 Å². The number of hydrogen-bond donors (Lipinski definition) is 1. The summed E-state index contributed by atoms with van der Waals surface area (Å²) in [7, 11) is 0. The van der Waals surface area contributed by atoms with Crippen LogP contribution in [0, 0.1) is 18.6 Å². The lowest BCUT2D eigenvalue weighted by Gasteiger charge is -2.13. The smallest absolute Gasteiger partial charge is 0.126 e. The quantitative estimate of drug-likeness (QED) is 0.876. The SMILES string of the molecule is Cc1ccc(CNC(C)c2cc(F)cc(F)c2)s1. The summed E-state index contributed by atoms with van der Waals surface area (Å²) >= 11 is 1.72. The van der Waals surface area contributed by atoms with E-state index in [4.69, 9.17) is 0 Å². The van der Waals surface area contributed by atoms with Crippen LogP contribution in [-0.2, 0) is 6.54 Å². The van der Waals surface area contributed by atoms with Gasteiger partial charge in [-0.3, -0.25) is 0 Å². The summed E-state index contributed by atoms with van der Waals surface area (Å²) in [6.07, 6.45) is 0. The lowest BCUT2D eigenvalue weighted by atomic mass is 10.1. The molecule has 0 spiro atoms. The second-order valence-electron chi connectivity index (χ2n) is 4.32. The van der Waals surface area contributed by atoms with Gasteiger partial charge in [0.1, 0.15) is 11.6 Å². The molecule has 1 aromatic carbocycles. The lowest BCUT2D eigenvalue weighted by Crippen LogP contribution is -2.17. The van der Waals surface area contributed by atoms with Crippen molar-refractivity contribution in [1.82, 2.24) is 5.32 Å². The Kier molecular flexibility index (Phi) is 4.09. The lowest BCUT2D eigenvalue weighted by molar-refractivity contribution is 0.547. The average molecular weight is 267 g/mol. The van der Waals surface area contributed by atoms with Crippen LogP contribution in [0.1, 0.15) is 28.3 Å². The minimum atomic E-state index is -0.536. The summed E-state index contributed by atoms with van der Waals surface area (Å²) in [5, 5.41) is 3.26. The number of thiophene rings is 1. The molecule has 1 heterocycles. The van der Waals surface area contributed by atoms with Crippen molar-refractivity contribution in [1.29, 1.82) is 0 Å². The zero-order chi connectivity index (χ0) is 13.1. The average Bonchev–Trinajstić information content (AvgIpc) is 2.70. The van der Waals surface area contributed by atoms with Crippen molar-refractivity contribution in [3.8, 4) is 0 Å². The zero-order valence-corrected chi connectivity index (χ0v) is 11.2. The first-order valence-electron chi connectivity index (χ1n) is 5.79. The fraction of sp³-hybridized carbons (Fsp3) is 0.286. The van der Waals surface area contributed by atoms with E-state index in [0.29, 0.717) is 12.1 Å². The molecule has 0 radical (unpaired) electrons. The molecule has 18 heavy (non-hydrogen) atoms. The van der Waals surface area contributed by atoms with Gasteiger partial charge in [0.25, 0.3) is 0 Å². The van der Waals surface area contributed by atoms with Crippen LogP contribution in [0.15, 0.2) is 30.3 Å². The van der Waals surface area contributed by atoms with E-state index in [2.05, 4.69) is 24.4 Å². The van der Waals surface area contributed by atoms with E-state index in [0.717, 1.165) is 6.07 Å². The van der Waals surface area contributed by atoms with Gasteiger partial charge in [0, 0.05) is 28.4 Å². The van der Waals surface area contributed by atoms with Crippen molar-refractivity contribution < 1.29 is 8.78 Å². The molecule has 0 fully saturated rings. The molecule has 1 N–H and O–H groups in total. The van der Waals surface area contributed by atoms with Gasteiger partial charge < -0.3 is 5.32 Å². The van der Waals surface area contributed by atoms with E-state index >= 15 is 0 Å². The van der Waals surface area contributed by atoms with Crippen LogP contribution in [0.3, 0.4) is 0 Å². The molecule has 2 rings (SSSR count). The first kappa shape index (κ1) is 13.2. The summed E-state index contributed by atoms with van der Waals surface area (Å²) in [6.45, 7) is 4.66. The van der Waals surface area contributed by atoms with E-state index in [1.807, 2.05) is 6.92 Å². The summed E-state index contributed by atoms with van der Waals surface area (Å²) < 4.78 is 26.2. The van der Waals surface area contributed by atoms with Crippen LogP contribution in [0.25, 0.3) is 0 Å². The van der Waals surface area contributed by atoms with Gasteiger partial charge in [0.15, 0.2) is 0 Å². The van der Waals surface area contributed by atoms with Gasteiger partial charge in [-0.15, -0.1) is 11.3 Å². The third-order valence-corrected chi connectivity index (χ3v) is 3.76. The molecule has 2 aromatic rings. The van der Waals surface area contributed by atoms with Crippen molar-refractivity contribution in [2.24, 2.45) is 0 Å². The number of hydrogen-bond acceptors (Lipinski definition) is 2. The first-order chi connectivity index (χ1) is 8.54. The molecular formula is C14H15F2NS. The van der Waals surface area contributed by atoms with E-state index in [1.165, 1.54) is 21.9 Å². The highest BCUT2D eigenvalue weighted by molar-refractivity contribution is 7.11. The van der Waals surface area contributed by atoms with E-state index in [-0.39, 0.29) is 6.04 Å². The van der Waals surface area contributed by atoms with Crippen LogP contribution in [0.5, 0.6) is 0 Å². The van der Waals surface area contributed by atoms with Gasteiger partial charge in [-0.05, 0) is 43.7 Å². The number of rotatable bonds is 4. The van der Waals surface area contributed by atoms with Gasteiger partial charge >= 0.3 is 0 Å². The van der Waals surface area contributed by atoms with Crippen molar-refractivity contribution in [3.05, 3.63) is 57.3 Å². The molecular weight excluding hydrogens is 252 g/mol. The van der Waals surface area contributed by atoms with Gasteiger partial charge in [-0.2, -0.15) is 0 Å². The molecule has 1 nitrogen and oxygen atoms in total. The maximum absolute atomic E-state index is 13.1. The number of nitrogens with one attached hydrogen (secondary N) is 1. The zero-order valence-electron chi connectivity index (χ0n) is 10.3. The summed E-state index contributed by atoms with van der Waals surface area (Å²) in [6, 6.07) is 7.65. The molecule has 96 valence electrons. The Bertz CT molecular complexity index is 516. The normalized spacial score (nSPS) is 12.7. The summed E-state index contributed by atoms with van der Waals surface area (Å²) in [5.74, 6) is -1.07. The number of halogens is 2. The molecule has 0 saturated carbocycles. The third kappa shape index (κ3) is 3.37. The molecule has 0 aliphatic rings. The monoisotopic (exact) mass is 267 g/mol. The van der Waals surface area contributed by atoms with E-state index in [1.54, 1.807) is 11.3 Å². The minimum absolute atomic E-state index is 0.0855. The second kappa shape index (κ2) is 5.59. The van der Waals surface area contributed by atoms with Crippen LogP contribution in [0.2, 0.25) is 0 Å². The van der Waals surface area contributed by atoms with Crippen LogP contribution >= 0.6 is 11.3 Å². The highest BCUT2D eigenvalue weighted by Gasteiger charge is 2.08. The predicted octanol–water partition coefficient (Wildman–Crippen LogP) is 4.19. The van der Waals surface area contributed by atoms with Gasteiger partial charge in [-0.25, -0.2) is 8.78 Å². The van der Waals surface area contributed by atoms with Gasteiger partial charge in [-0.1, -0.05) is 0 Å². The van der Waals surface area contributed by atoms with Crippen molar-refractivity contribution in [2.45, 2.75) is 26.4 Å². The third-order valence-electron chi connectivity index (χ3n) is 2.76. The largest absolute Gasteiger partial charge is 0.305 e. The molecule has 0 saturated heterocycles. The Morgan fingerprint density at radius 1 is 1.17 bits per heavy atom. The maximum atomic E-state index is 13.1. The van der Waals surface area contributed by atoms with E-state index < -0.39 is 11.6 Å². The Morgan fingerprint density at radius 3 is 2.39 bits per heavy atom. The number of benzene rings is 1. The van der Waals surface area contributed by atoms with Crippen molar-refractivity contribution >= 4 is 11.3 Å². The molecule has 0 aliphatic carbocycles. The first-order valence-corrected chi connectivity index (χ1v) is 6.61. The predicted molar refractivity (Wildman–Crippen MR) is 70.7 cm³/mol. The van der Waals surface area contributed by atoms with Crippen molar-refractivity contribution in [2.75, 3.05) is 0 Å². The molecule has 0 amide bonds. The minimum Gasteiger partial charge on any atom is -0.305 e. The van der Waals surface area contributed by atoms with Crippen molar-refractivity contribution in [3.63, 3.8) is 0 Å². The molecule has 0 bridgehead atoms. The Labute approximate surface area is 109 Å². The van der Waals surface area contributed by atoms with Crippen LogP contribution < -0.4 is 5.32 Å². The molecule has 4 heteroatoms. The highest BCUT2D eigenvalue weighted by atomic mass is 32.1. The Morgan fingerprint density at radius 2 is 1.83 bits per heavy atom.